The fraction of sp³-hybridized carbons (Fsp3) is 1.00. The molecular formula is C17H36O4. The van der Waals surface area contributed by atoms with Crippen LogP contribution in [0.4, 0.5) is 0 Å². The summed E-state index contributed by atoms with van der Waals surface area (Å²) >= 11 is 0. The van der Waals surface area contributed by atoms with E-state index in [9.17, 15) is 0 Å². The topological polar surface area (TPSA) is 58.9 Å². The maximum absolute atomic E-state index is 8.08. The van der Waals surface area contributed by atoms with E-state index in [1.165, 1.54) is 26.7 Å². The third-order valence-electron chi connectivity index (χ3n) is 3.22. The Bertz CT molecular complexity index is 259. The Morgan fingerprint density at radius 3 is 2.00 bits per heavy atom. The molecule has 0 saturated carbocycles. The zero-order valence-corrected chi connectivity index (χ0v) is 15.0. The molecule has 1 rings (SSSR count). The average Bonchev–Trinajstić information content (AvgIpc) is 2.27. The van der Waals surface area contributed by atoms with Crippen LogP contribution < -0.4 is 0 Å². The second-order valence-corrected chi connectivity index (χ2v) is 7.32. The third-order valence-corrected chi connectivity index (χ3v) is 3.22. The molecule has 0 bridgehead atoms. The average molecular weight is 304 g/mol. The van der Waals surface area contributed by atoms with E-state index in [0.717, 1.165) is 19.4 Å². The highest BCUT2D eigenvalue weighted by molar-refractivity contribution is 4.83. The minimum atomic E-state index is -1.50. The van der Waals surface area contributed by atoms with Gasteiger partial charge in [0.15, 0.2) is 5.79 Å². The molecule has 0 aromatic heterocycles. The Kier molecular flexibility index (Phi) is 9.02. The van der Waals surface area contributed by atoms with Gasteiger partial charge in [-0.25, -0.2) is 0 Å². The number of hydrogen-bond donors (Lipinski definition) is 2. The molecule has 1 aliphatic heterocycles. The molecule has 0 aromatic carbocycles. The van der Waals surface area contributed by atoms with Crippen LogP contribution in [-0.4, -0.2) is 40.4 Å². The molecule has 3 atom stereocenters. The molecular weight excluding hydrogens is 268 g/mol. The molecule has 4 nitrogen and oxygen atoms in total. The lowest BCUT2D eigenvalue weighted by Gasteiger charge is -2.40. The molecule has 2 N–H and O–H groups in total. The first kappa shape index (κ1) is 20.8. The highest BCUT2D eigenvalue weighted by Gasteiger charge is 2.35. The first-order valence-electron chi connectivity index (χ1n) is 8.22. The van der Waals surface area contributed by atoms with E-state index >= 15 is 0 Å². The van der Waals surface area contributed by atoms with Crippen LogP contribution in [0.2, 0.25) is 0 Å². The summed E-state index contributed by atoms with van der Waals surface area (Å²) < 4.78 is 12.1. The molecule has 4 heteroatoms. The van der Waals surface area contributed by atoms with Crippen molar-refractivity contribution in [1.29, 1.82) is 0 Å². The van der Waals surface area contributed by atoms with Gasteiger partial charge in [0.05, 0.1) is 17.8 Å². The van der Waals surface area contributed by atoms with E-state index in [-0.39, 0.29) is 5.60 Å². The first-order chi connectivity index (χ1) is 9.48. The van der Waals surface area contributed by atoms with Crippen LogP contribution in [0.25, 0.3) is 0 Å². The van der Waals surface area contributed by atoms with E-state index in [1.807, 2.05) is 0 Å². The molecule has 0 amide bonds. The predicted octanol–water partition coefficient (Wildman–Crippen LogP) is 3.49. The molecule has 0 aromatic rings. The smallest absolute Gasteiger partial charge is 0.156 e. The van der Waals surface area contributed by atoms with E-state index in [1.54, 1.807) is 0 Å². The van der Waals surface area contributed by atoms with E-state index < -0.39 is 5.79 Å². The van der Waals surface area contributed by atoms with Gasteiger partial charge in [-0.05, 0) is 53.9 Å². The lowest BCUT2D eigenvalue weighted by molar-refractivity contribution is -0.160. The molecule has 128 valence electrons. The van der Waals surface area contributed by atoms with Gasteiger partial charge in [0.2, 0.25) is 0 Å². The van der Waals surface area contributed by atoms with Gasteiger partial charge in [-0.15, -0.1) is 0 Å². The molecule has 1 saturated heterocycles. The van der Waals surface area contributed by atoms with Gasteiger partial charge < -0.3 is 19.7 Å². The zero-order valence-electron chi connectivity index (χ0n) is 15.0. The standard InChI is InChI=1S/C14H28O2.C3H8O2/c1-6-8-11-12(7-2)15-10-9-13(11)16-14(3,4)5;1-3(2,4)5/h11-13H,6-10H2,1-5H3;4-5H,1-2H3. The van der Waals surface area contributed by atoms with Gasteiger partial charge in [0.1, 0.15) is 0 Å². The molecule has 1 heterocycles. The zero-order chi connectivity index (χ0) is 16.7. The van der Waals surface area contributed by atoms with Crippen molar-refractivity contribution >= 4 is 0 Å². The van der Waals surface area contributed by atoms with Gasteiger partial charge in [-0.3, -0.25) is 0 Å². The Balaban J connectivity index is 0.000000690. The maximum atomic E-state index is 8.08. The van der Waals surface area contributed by atoms with Crippen molar-refractivity contribution < 1.29 is 19.7 Å². The molecule has 1 aliphatic rings. The van der Waals surface area contributed by atoms with Crippen LogP contribution in [0, 0.1) is 5.92 Å². The molecule has 0 radical (unpaired) electrons. The highest BCUT2D eigenvalue weighted by atomic mass is 16.5. The number of hydrogen-bond acceptors (Lipinski definition) is 4. The Hall–Kier alpha value is -0.160. The summed E-state index contributed by atoms with van der Waals surface area (Å²) in [6.45, 7) is 14.4. The normalized spacial score (nSPS) is 27.0. The summed E-state index contributed by atoms with van der Waals surface area (Å²) in [5.74, 6) is -0.914. The monoisotopic (exact) mass is 304 g/mol. The Morgan fingerprint density at radius 2 is 1.62 bits per heavy atom. The summed E-state index contributed by atoms with van der Waals surface area (Å²) in [6, 6.07) is 0. The van der Waals surface area contributed by atoms with E-state index in [0.29, 0.717) is 18.1 Å². The number of ether oxygens (including phenoxy) is 2. The number of rotatable bonds is 4. The van der Waals surface area contributed by atoms with Crippen LogP contribution in [0.3, 0.4) is 0 Å². The lowest BCUT2D eigenvalue weighted by atomic mass is 9.86. The molecule has 1 fully saturated rings. The van der Waals surface area contributed by atoms with Gasteiger partial charge in [-0.2, -0.15) is 0 Å². The van der Waals surface area contributed by atoms with Crippen LogP contribution in [0.5, 0.6) is 0 Å². The lowest BCUT2D eigenvalue weighted by Crippen LogP contribution is -2.44. The quantitative estimate of drug-likeness (QED) is 0.781. The summed E-state index contributed by atoms with van der Waals surface area (Å²) in [4.78, 5) is 0. The van der Waals surface area contributed by atoms with Crippen molar-refractivity contribution in [3.8, 4) is 0 Å². The molecule has 0 aliphatic carbocycles. The maximum Gasteiger partial charge on any atom is 0.156 e. The summed E-state index contributed by atoms with van der Waals surface area (Å²) in [7, 11) is 0. The second kappa shape index (κ2) is 9.09. The fourth-order valence-corrected chi connectivity index (χ4v) is 2.64. The fourth-order valence-electron chi connectivity index (χ4n) is 2.64. The summed E-state index contributed by atoms with van der Waals surface area (Å²) in [5.41, 5.74) is -0.0354. The van der Waals surface area contributed by atoms with Crippen molar-refractivity contribution in [1.82, 2.24) is 0 Å². The van der Waals surface area contributed by atoms with Crippen molar-refractivity contribution in [2.24, 2.45) is 5.92 Å². The second-order valence-electron chi connectivity index (χ2n) is 7.32. The van der Waals surface area contributed by atoms with E-state index in [2.05, 4.69) is 34.6 Å². The van der Waals surface area contributed by atoms with Crippen LogP contribution in [-0.2, 0) is 9.47 Å². The van der Waals surface area contributed by atoms with Gasteiger partial charge >= 0.3 is 0 Å². The largest absolute Gasteiger partial charge is 0.378 e. The van der Waals surface area contributed by atoms with Gasteiger partial charge in [0.25, 0.3) is 0 Å². The van der Waals surface area contributed by atoms with Crippen molar-refractivity contribution in [3.05, 3.63) is 0 Å². The Labute approximate surface area is 130 Å². The summed E-state index contributed by atoms with van der Waals surface area (Å²) in [6.07, 6.45) is 5.39. The first-order valence-corrected chi connectivity index (χ1v) is 8.22. The van der Waals surface area contributed by atoms with Crippen LogP contribution in [0.15, 0.2) is 0 Å². The van der Waals surface area contributed by atoms with Crippen LogP contribution >= 0.6 is 0 Å². The van der Waals surface area contributed by atoms with Crippen molar-refractivity contribution in [3.63, 3.8) is 0 Å². The van der Waals surface area contributed by atoms with Gasteiger partial charge in [0, 0.05) is 12.5 Å². The molecule has 0 spiro atoms. The molecule has 21 heavy (non-hydrogen) atoms. The molecule has 3 unspecified atom stereocenters. The van der Waals surface area contributed by atoms with Crippen LogP contribution in [0.1, 0.15) is 74.1 Å². The third kappa shape index (κ3) is 11.1. The minimum Gasteiger partial charge on any atom is -0.378 e. The predicted molar refractivity (Wildman–Crippen MR) is 86.2 cm³/mol. The number of aliphatic hydroxyl groups is 2. The van der Waals surface area contributed by atoms with Gasteiger partial charge in [-0.1, -0.05) is 20.3 Å². The SMILES string of the molecule is CC(C)(O)O.CCCC1C(CC)OCCC1OC(C)(C)C. The van der Waals surface area contributed by atoms with Crippen molar-refractivity contribution in [2.75, 3.05) is 6.61 Å². The van der Waals surface area contributed by atoms with E-state index in [4.69, 9.17) is 19.7 Å². The highest BCUT2D eigenvalue weighted by Crippen LogP contribution is 2.32. The minimum absolute atomic E-state index is 0.0354. The summed E-state index contributed by atoms with van der Waals surface area (Å²) in [5, 5.41) is 16.2. The Morgan fingerprint density at radius 1 is 1.10 bits per heavy atom. The van der Waals surface area contributed by atoms with Crippen molar-refractivity contribution in [2.45, 2.75) is 97.7 Å².